The zero-order valence-corrected chi connectivity index (χ0v) is 9.69. The molecule has 0 spiro atoms. The summed E-state index contributed by atoms with van der Waals surface area (Å²) in [5, 5.41) is 0. The van der Waals surface area contributed by atoms with Crippen LogP contribution in [0.5, 0.6) is 0 Å². The molecule has 0 fully saturated rings. The Morgan fingerprint density at radius 1 is 1.17 bits per heavy atom. The third-order valence-corrected chi connectivity index (χ3v) is 4.09. The maximum atomic E-state index is 5.14. The number of hydrogen-bond acceptors (Lipinski definition) is 5. The first kappa shape index (κ1) is 12.4. The molecule has 0 aliphatic rings. The van der Waals surface area contributed by atoms with Gasteiger partial charge in [0.25, 0.3) is 0 Å². The lowest BCUT2D eigenvalue weighted by Gasteiger charge is -2.24. The molecule has 4 nitrogen and oxygen atoms in total. The van der Waals surface area contributed by atoms with Crippen LogP contribution in [-0.2, 0) is 13.3 Å². The zero-order valence-electron chi connectivity index (χ0n) is 7.79. The first-order chi connectivity index (χ1) is 5.74. The fourth-order valence-corrected chi connectivity index (χ4v) is 2.36. The summed E-state index contributed by atoms with van der Waals surface area (Å²) in [5.41, 5.74) is 0. The Bertz CT molecular complexity index is 105. The molecule has 0 saturated heterocycles. The first-order valence-corrected chi connectivity index (χ1v) is 6.11. The van der Waals surface area contributed by atoms with Gasteiger partial charge in [-0.3, -0.25) is 4.98 Å². The highest BCUT2D eigenvalue weighted by atomic mass is 32.1. The van der Waals surface area contributed by atoms with E-state index in [-0.39, 0.29) is 0 Å². The molecule has 0 unspecified atom stereocenters. The second-order valence-corrected chi connectivity index (χ2v) is 5.31. The van der Waals surface area contributed by atoms with E-state index in [0.717, 1.165) is 18.7 Å². The highest BCUT2D eigenvalue weighted by Gasteiger charge is 2.38. The molecule has 12 heavy (non-hydrogen) atoms. The third kappa shape index (κ3) is 3.88. The van der Waals surface area contributed by atoms with Gasteiger partial charge in [-0.15, -0.1) is 0 Å². The van der Waals surface area contributed by atoms with Crippen LogP contribution in [0.2, 0.25) is 0 Å². The zero-order chi connectivity index (χ0) is 9.45. The molecule has 0 aliphatic carbocycles. The minimum absolute atomic E-state index is 0.797. The van der Waals surface area contributed by atoms with Crippen LogP contribution in [0.25, 0.3) is 0 Å². The molecule has 74 valence electrons. The molecule has 0 atom stereocenters. The molecule has 0 heterocycles. The van der Waals surface area contributed by atoms with E-state index >= 15 is 0 Å². The second-order valence-electron chi connectivity index (χ2n) is 2.17. The molecule has 1 N–H and O–H groups in total. The van der Waals surface area contributed by atoms with Gasteiger partial charge in [0.2, 0.25) is 0 Å². The van der Waals surface area contributed by atoms with Gasteiger partial charge >= 0.3 is 8.97 Å². The molecule has 0 rings (SSSR count). The van der Waals surface area contributed by atoms with Crippen LogP contribution >= 0.6 is 12.6 Å². The molecule has 0 aromatic carbocycles. The Morgan fingerprint density at radius 3 is 2.00 bits per heavy atom. The Balaban J connectivity index is 3.76. The maximum Gasteiger partial charge on any atom is 0.595 e. The lowest BCUT2D eigenvalue weighted by atomic mass is 10.5. The van der Waals surface area contributed by atoms with Crippen molar-refractivity contribution in [3.05, 3.63) is 0 Å². The molecule has 0 saturated carbocycles. The summed E-state index contributed by atoms with van der Waals surface area (Å²) >= 11 is 4.09. The molecular weight excluding hydrogens is 194 g/mol. The van der Waals surface area contributed by atoms with E-state index < -0.39 is 8.97 Å². The predicted octanol–water partition coefficient (Wildman–Crippen LogP) is 0.271. The van der Waals surface area contributed by atoms with Crippen LogP contribution in [0, 0.1) is 0 Å². The highest BCUT2D eigenvalue weighted by molar-refractivity contribution is 7.80. The van der Waals surface area contributed by atoms with Crippen molar-refractivity contribution in [2.24, 2.45) is 0 Å². The van der Waals surface area contributed by atoms with Crippen LogP contribution in [0.15, 0.2) is 0 Å². The van der Waals surface area contributed by atoms with E-state index in [1.807, 2.05) is 0 Å². The minimum atomic E-state index is -2.54. The fraction of sp³-hybridized carbons (Fsp3) is 1.00. The van der Waals surface area contributed by atoms with Gasteiger partial charge in [0, 0.05) is 21.3 Å². The van der Waals surface area contributed by atoms with Gasteiger partial charge in [-0.25, -0.2) is 0 Å². The topological polar surface area (TPSA) is 39.7 Å². The summed E-state index contributed by atoms with van der Waals surface area (Å²) in [5.74, 6) is 0.842. The van der Waals surface area contributed by atoms with Crippen molar-refractivity contribution >= 4 is 21.6 Å². The molecule has 6 heteroatoms. The van der Waals surface area contributed by atoms with Crippen LogP contribution < -0.4 is 4.98 Å². The van der Waals surface area contributed by atoms with Gasteiger partial charge < -0.3 is 13.3 Å². The van der Waals surface area contributed by atoms with Gasteiger partial charge in [0.15, 0.2) is 0 Å². The predicted molar refractivity (Wildman–Crippen MR) is 53.3 cm³/mol. The highest BCUT2D eigenvalue weighted by Crippen LogP contribution is 2.00. The van der Waals surface area contributed by atoms with E-state index in [1.165, 1.54) is 0 Å². The van der Waals surface area contributed by atoms with Gasteiger partial charge in [0.1, 0.15) is 0 Å². The van der Waals surface area contributed by atoms with E-state index in [0.29, 0.717) is 0 Å². The summed E-state index contributed by atoms with van der Waals surface area (Å²) in [7, 11) is 2.19. The van der Waals surface area contributed by atoms with E-state index in [4.69, 9.17) is 13.3 Å². The molecule has 0 amide bonds. The summed E-state index contributed by atoms with van der Waals surface area (Å²) < 4.78 is 15.4. The lowest BCUT2D eigenvalue weighted by molar-refractivity contribution is 0.110. The van der Waals surface area contributed by atoms with Gasteiger partial charge in [-0.05, 0) is 18.7 Å². The van der Waals surface area contributed by atoms with Gasteiger partial charge in [-0.1, -0.05) is 0 Å². The molecule has 0 aromatic heterocycles. The molecule has 0 bridgehead atoms. The van der Waals surface area contributed by atoms with Gasteiger partial charge in [-0.2, -0.15) is 12.6 Å². The fourth-order valence-electron chi connectivity index (χ4n) is 0.787. The summed E-state index contributed by atoms with van der Waals surface area (Å²) in [6.45, 7) is 0.797. The quantitative estimate of drug-likeness (QED) is 0.360. The van der Waals surface area contributed by atoms with E-state index in [1.54, 1.807) is 21.3 Å². The number of rotatable bonds is 7. The Labute approximate surface area is 80.4 Å². The van der Waals surface area contributed by atoms with Gasteiger partial charge in [0.05, 0.1) is 0 Å². The van der Waals surface area contributed by atoms with Crippen molar-refractivity contribution in [1.82, 2.24) is 4.98 Å². The normalized spacial score (nSPS) is 12.0. The summed E-state index contributed by atoms with van der Waals surface area (Å²) in [4.78, 5) is 3.11. The van der Waals surface area contributed by atoms with Crippen molar-refractivity contribution in [2.45, 2.75) is 6.42 Å². The Hall–Kier alpha value is 0.407. The number of hydrogen-bond donors (Lipinski definition) is 2. The van der Waals surface area contributed by atoms with E-state index in [2.05, 4.69) is 17.6 Å². The van der Waals surface area contributed by atoms with Crippen molar-refractivity contribution in [1.29, 1.82) is 0 Å². The standard InChI is InChI=1S/C6H17NO3SSi/c1-8-12(9-2,10-3)7-5-4-6-11/h7,11H,4-6H2,1-3H3. The molecule has 0 aromatic rings. The summed E-state index contributed by atoms with van der Waals surface area (Å²) in [6.07, 6.45) is 0.966. The first-order valence-electron chi connectivity index (χ1n) is 3.76. The maximum absolute atomic E-state index is 5.14. The third-order valence-electron chi connectivity index (χ3n) is 1.48. The number of nitrogens with one attached hydrogen (secondary N) is 1. The number of thiol groups is 1. The monoisotopic (exact) mass is 211 g/mol. The smallest absolute Gasteiger partial charge is 0.364 e. The lowest BCUT2D eigenvalue weighted by Crippen LogP contribution is -2.57. The largest absolute Gasteiger partial charge is 0.595 e. The van der Waals surface area contributed by atoms with Crippen LogP contribution in [0.4, 0.5) is 0 Å². The Kier molecular flexibility index (Phi) is 7.11. The molecule has 0 aliphatic heterocycles. The van der Waals surface area contributed by atoms with Crippen molar-refractivity contribution in [3.63, 3.8) is 0 Å². The SMILES string of the molecule is CO[Si](NCCCS)(OC)OC. The van der Waals surface area contributed by atoms with Crippen LogP contribution in [-0.4, -0.2) is 42.6 Å². The van der Waals surface area contributed by atoms with Crippen LogP contribution in [0.3, 0.4) is 0 Å². The van der Waals surface area contributed by atoms with Crippen molar-refractivity contribution in [3.8, 4) is 0 Å². The summed E-state index contributed by atoms with van der Waals surface area (Å²) in [6, 6.07) is 0. The van der Waals surface area contributed by atoms with Crippen molar-refractivity contribution in [2.75, 3.05) is 33.6 Å². The van der Waals surface area contributed by atoms with E-state index in [9.17, 15) is 0 Å². The Morgan fingerprint density at radius 2 is 1.67 bits per heavy atom. The second kappa shape index (κ2) is 6.87. The molecule has 0 radical (unpaired) electrons. The average molecular weight is 211 g/mol. The van der Waals surface area contributed by atoms with Crippen molar-refractivity contribution < 1.29 is 13.3 Å². The molecular formula is C6H17NO3SSi. The van der Waals surface area contributed by atoms with Crippen LogP contribution in [0.1, 0.15) is 6.42 Å². The average Bonchev–Trinajstić information content (AvgIpc) is 2.14. The minimum Gasteiger partial charge on any atom is -0.364 e.